The van der Waals surface area contributed by atoms with Gasteiger partial charge in [0.25, 0.3) is 0 Å². The molecule has 0 aromatic carbocycles. The van der Waals surface area contributed by atoms with Crippen LogP contribution in [0.4, 0.5) is 0 Å². The van der Waals surface area contributed by atoms with Crippen LogP contribution in [0.3, 0.4) is 0 Å². The Morgan fingerprint density at radius 1 is 1.11 bits per heavy atom. The van der Waals surface area contributed by atoms with E-state index in [4.69, 9.17) is 0 Å². The van der Waals surface area contributed by atoms with Crippen molar-refractivity contribution in [2.45, 2.75) is 56.5 Å². The molecule has 0 radical (unpaired) electrons. The van der Waals surface area contributed by atoms with E-state index in [0.29, 0.717) is 5.54 Å². The van der Waals surface area contributed by atoms with Crippen LogP contribution in [0.1, 0.15) is 44.9 Å². The topological polar surface area (TPSA) is 18.5 Å². The van der Waals surface area contributed by atoms with Gasteiger partial charge in [0.1, 0.15) is 0 Å². The Hall–Kier alpha value is -0.120. The van der Waals surface area contributed by atoms with E-state index in [9.17, 15) is 0 Å². The van der Waals surface area contributed by atoms with Crippen LogP contribution in [-0.4, -0.2) is 61.7 Å². The lowest BCUT2D eigenvalue weighted by molar-refractivity contribution is 0.0489. The Morgan fingerprint density at radius 2 is 1.79 bits per heavy atom. The van der Waals surface area contributed by atoms with Crippen molar-refractivity contribution < 1.29 is 0 Å². The third kappa shape index (κ3) is 2.84. The van der Waals surface area contributed by atoms with E-state index < -0.39 is 0 Å². The van der Waals surface area contributed by atoms with E-state index in [0.717, 1.165) is 12.0 Å². The molecule has 4 rings (SSSR count). The molecule has 1 saturated carbocycles. The maximum Gasteiger partial charge on any atom is 0.0328 e. The molecule has 2 bridgehead atoms. The van der Waals surface area contributed by atoms with Crippen LogP contribution in [0.15, 0.2) is 0 Å². The molecule has 1 aliphatic carbocycles. The molecule has 4 aliphatic rings. The highest BCUT2D eigenvalue weighted by Gasteiger charge is 2.38. The summed E-state index contributed by atoms with van der Waals surface area (Å²) in [6, 6.07) is 0.765. The van der Waals surface area contributed by atoms with E-state index in [1.807, 2.05) is 0 Å². The number of nitrogens with zero attached hydrogens (tertiary/aromatic N) is 2. The summed E-state index contributed by atoms with van der Waals surface area (Å²) in [6.07, 6.45) is 9.89. The predicted molar refractivity (Wildman–Crippen MR) is 80.5 cm³/mol. The fourth-order valence-corrected chi connectivity index (χ4v) is 4.51. The molecule has 1 N–H and O–H groups in total. The molecule has 3 heteroatoms. The normalized spacial score (nSPS) is 37.7. The molecule has 0 spiro atoms. The molecule has 3 nitrogen and oxygen atoms in total. The van der Waals surface area contributed by atoms with Crippen LogP contribution >= 0.6 is 0 Å². The summed E-state index contributed by atoms with van der Waals surface area (Å²) < 4.78 is 0. The van der Waals surface area contributed by atoms with Gasteiger partial charge in [0.2, 0.25) is 0 Å². The van der Waals surface area contributed by atoms with Gasteiger partial charge < -0.3 is 15.1 Å². The van der Waals surface area contributed by atoms with E-state index in [2.05, 4.69) is 29.2 Å². The molecule has 110 valence electrons. The van der Waals surface area contributed by atoms with Gasteiger partial charge >= 0.3 is 0 Å². The first kappa shape index (κ1) is 13.8. The van der Waals surface area contributed by atoms with Crippen LogP contribution < -0.4 is 5.32 Å². The Labute approximate surface area is 118 Å². The summed E-state index contributed by atoms with van der Waals surface area (Å²) in [5, 5.41) is 3.96. The molecule has 0 aromatic rings. The summed E-state index contributed by atoms with van der Waals surface area (Å²) >= 11 is 0. The monoisotopic (exact) mass is 265 g/mol. The maximum atomic E-state index is 3.96. The van der Waals surface area contributed by atoms with Crippen LogP contribution in [0.25, 0.3) is 0 Å². The zero-order valence-corrected chi connectivity index (χ0v) is 12.8. The summed E-state index contributed by atoms with van der Waals surface area (Å²) in [5.41, 5.74) is 0.435. The van der Waals surface area contributed by atoms with Gasteiger partial charge in [0.05, 0.1) is 0 Å². The minimum Gasteiger partial charge on any atom is -0.311 e. The lowest BCUT2D eigenvalue weighted by atomic mass is 9.79. The quantitative estimate of drug-likeness (QED) is 0.838. The molecule has 3 heterocycles. The second-order valence-electron chi connectivity index (χ2n) is 7.30. The predicted octanol–water partition coefficient (Wildman–Crippen LogP) is 1.93. The first-order valence-electron chi connectivity index (χ1n) is 8.33. The zero-order valence-electron chi connectivity index (χ0n) is 12.8. The molecule has 3 aliphatic heterocycles. The lowest BCUT2D eigenvalue weighted by Crippen LogP contribution is -2.60. The van der Waals surface area contributed by atoms with Gasteiger partial charge in [-0.1, -0.05) is 19.3 Å². The molecule has 0 aromatic heterocycles. The third-order valence-corrected chi connectivity index (χ3v) is 6.08. The minimum absolute atomic E-state index is 0.435. The first-order valence-corrected chi connectivity index (χ1v) is 8.33. The van der Waals surface area contributed by atoms with Crippen molar-refractivity contribution >= 4 is 0 Å². The van der Waals surface area contributed by atoms with Crippen LogP contribution in [0.2, 0.25) is 0 Å². The average Bonchev–Trinajstić information content (AvgIpc) is 2.47. The third-order valence-electron chi connectivity index (χ3n) is 6.08. The van der Waals surface area contributed by atoms with Gasteiger partial charge in [-0.15, -0.1) is 0 Å². The average molecular weight is 265 g/mol. The largest absolute Gasteiger partial charge is 0.311 e. The van der Waals surface area contributed by atoms with E-state index in [1.54, 1.807) is 0 Å². The van der Waals surface area contributed by atoms with E-state index in [-0.39, 0.29) is 0 Å². The zero-order chi connectivity index (χ0) is 13.3. The first-order chi connectivity index (χ1) is 9.20. The van der Waals surface area contributed by atoms with Gasteiger partial charge in [-0.25, -0.2) is 0 Å². The molecule has 19 heavy (non-hydrogen) atoms. The van der Waals surface area contributed by atoms with E-state index >= 15 is 0 Å². The van der Waals surface area contributed by atoms with Crippen LogP contribution in [0.5, 0.6) is 0 Å². The van der Waals surface area contributed by atoms with Crippen molar-refractivity contribution in [3.63, 3.8) is 0 Å². The maximum absolute atomic E-state index is 3.96. The second kappa shape index (κ2) is 5.71. The molecular weight excluding hydrogens is 234 g/mol. The highest BCUT2D eigenvalue weighted by Crippen LogP contribution is 2.33. The molecule has 4 fully saturated rings. The number of likely N-dealkylation sites (N-methyl/N-ethyl adjacent to an activating group) is 1. The standard InChI is InChI=1S/C16H31N3/c1-18(2)16(8-4-3-5-9-16)13-17-15-12-19-10-6-14(15)7-11-19/h14-15,17H,3-13H2,1-2H3. The number of rotatable bonds is 4. The fraction of sp³-hybridized carbons (Fsp3) is 1.00. The summed E-state index contributed by atoms with van der Waals surface area (Å²) in [7, 11) is 4.56. The molecule has 3 saturated heterocycles. The fourth-order valence-electron chi connectivity index (χ4n) is 4.51. The molecule has 0 amide bonds. The van der Waals surface area contributed by atoms with Crippen molar-refractivity contribution in [1.82, 2.24) is 15.1 Å². The Morgan fingerprint density at radius 3 is 2.32 bits per heavy atom. The summed E-state index contributed by atoms with van der Waals surface area (Å²) in [6.45, 7) is 5.20. The smallest absolute Gasteiger partial charge is 0.0328 e. The number of hydrogen-bond donors (Lipinski definition) is 1. The molecule has 1 unspecified atom stereocenters. The van der Waals surface area contributed by atoms with Crippen LogP contribution in [0, 0.1) is 5.92 Å². The second-order valence-corrected chi connectivity index (χ2v) is 7.30. The van der Waals surface area contributed by atoms with Gasteiger partial charge in [0.15, 0.2) is 0 Å². The highest BCUT2D eigenvalue weighted by molar-refractivity contribution is 4.97. The summed E-state index contributed by atoms with van der Waals surface area (Å²) in [4.78, 5) is 5.15. The van der Waals surface area contributed by atoms with Gasteiger partial charge in [0, 0.05) is 24.7 Å². The highest BCUT2D eigenvalue weighted by atomic mass is 15.2. The molecule has 1 atom stereocenters. The van der Waals surface area contributed by atoms with Crippen molar-refractivity contribution in [2.75, 3.05) is 40.3 Å². The van der Waals surface area contributed by atoms with Crippen molar-refractivity contribution in [2.24, 2.45) is 5.92 Å². The van der Waals surface area contributed by atoms with Gasteiger partial charge in [-0.2, -0.15) is 0 Å². The van der Waals surface area contributed by atoms with Crippen molar-refractivity contribution in [3.05, 3.63) is 0 Å². The number of hydrogen-bond acceptors (Lipinski definition) is 3. The summed E-state index contributed by atoms with van der Waals surface area (Å²) in [5.74, 6) is 0.952. The number of nitrogens with one attached hydrogen (secondary N) is 1. The Kier molecular flexibility index (Phi) is 4.16. The minimum atomic E-state index is 0.435. The van der Waals surface area contributed by atoms with Gasteiger partial charge in [-0.05, 0) is 58.8 Å². The van der Waals surface area contributed by atoms with Gasteiger partial charge in [-0.3, -0.25) is 0 Å². The molecular formula is C16H31N3. The van der Waals surface area contributed by atoms with Crippen molar-refractivity contribution in [3.8, 4) is 0 Å². The lowest BCUT2D eigenvalue weighted by Gasteiger charge is -2.48. The van der Waals surface area contributed by atoms with E-state index in [1.165, 1.54) is 71.1 Å². The van der Waals surface area contributed by atoms with Crippen LogP contribution in [-0.2, 0) is 0 Å². The Bertz CT molecular complexity index is 288. The number of piperidine rings is 3. The number of fused-ring (bicyclic) bond motifs is 3. The van der Waals surface area contributed by atoms with Crippen molar-refractivity contribution in [1.29, 1.82) is 0 Å². The SMILES string of the molecule is CN(C)C1(CNC2CN3CCC2CC3)CCCCC1. The Balaban J connectivity index is 1.57.